The molecule has 1 amide bonds. The van der Waals surface area contributed by atoms with E-state index in [1.54, 1.807) is 42.5 Å². The molecule has 6 heteroatoms. The number of hydrogen-bond acceptors (Lipinski definition) is 3. The summed E-state index contributed by atoms with van der Waals surface area (Å²) >= 11 is 0. The Hall–Kier alpha value is -3.28. The van der Waals surface area contributed by atoms with E-state index in [1.165, 1.54) is 23.1 Å². The molecular formula is C20H18FN3O2. The number of rotatable bonds is 5. The van der Waals surface area contributed by atoms with Crippen LogP contribution in [0.4, 0.5) is 4.39 Å². The number of para-hydroxylation sites is 1. The summed E-state index contributed by atoms with van der Waals surface area (Å²) in [6, 6.07) is 13.3. The molecule has 1 aromatic heterocycles. The largest absolute Gasteiger partial charge is 0.332 e. The van der Waals surface area contributed by atoms with Gasteiger partial charge in [0, 0.05) is 18.2 Å². The molecule has 0 saturated heterocycles. The van der Waals surface area contributed by atoms with Crippen LogP contribution in [-0.4, -0.2) is 27.3 Å². The Morgan fingerprint density at radius 2 is 1.92 bits per heavy atom. The van der Waals surface area contributed by atoms with E-state index in [2.05, 4.69) is 9.97 Å². The van der Waals surface area contributed by atoms with Crippen LogP contribution < -0.4 is 5.56 Å². The Morgan fingerprint density at radius 3 is 2.69 bits per heavy atom. The second-order valence-corrected chi connectivity index (χ2v) is 5.74. The van der Waals surface area contributed by atoms with E-state index in [4.69, 9.17) is 0 Å². The van der Waals surface area contributed by atoms with Gasteiger partial charge in [-0.2, -0.15) is 0 Å². The van der Waals surface area contributed by atoms with Gasteiger partial charge >= 0.3 is 0 Å². The van der Waals surface area contributed by atoms with Crippen molar-refractivity contribution in [2.75, 3.05) is 6.54 Å². The number of aromatic amines is 1. The predicted molar refractivity (Wildman–Crippen MR) is 98.9 cm³/mol. The number of amides is 1. The Bertz CT molecular complexity index is 1030. The van der Waals surface area contributed by atoms with Crippen molar-refractivity contribution < 1.29 is 9.18 Å². The van der Waals surface area contributed by atoms with E-state index in [-0.39, 0.29) is 23.8 Å². The average molecular weight is 351 g/mol. The van der Waals surface area contributed by atoms with Gasteiger partial charge < -0.3 is 9.88 Å². The lowest BCUT2D eigenvalue weighted by atomic mass is 10.2. The fourth-order valence-electron chi connectivity index (χ4n) is 2.61. The second kappa shape index (κ2) is 7.74. The van der Waals surface area contributed by atoms with E-state index in [0.717, 1.165) is 0 Å². The smallest absolute Gasteiger partial charge is 0.258 e. The summed E-state index contributed by atoms with van der Waals surface area (Å²) in [5.74, 6) is -0.269. The van der Waals surface area contributed by atoms with Crippen LogP contribution in [0.2, 0.25) is 0 Å². The molecule has 0 radical (unpaired) electrons. The summed E-state index contributed by atoms with van der Waals surface area (Å²) < 4.78 is 13.6. The quantitative estimate of drug-likeness (QED) is 0.718. The van der Waals surface area contributed by atoms with Crippen LogP contribution in [0.25, 0.3) is 17.0 Å². The van der Waals surface area contributed by atoms with E-state index in [0.29, 0.717) is 28.8 Å². The average Bonchev–Trinajstić information content (AvgIpc) is 2.65. The van der Waals surface area contributed by atoms with Crippen molar-refractivity contribution in [2.45, 2.75) is 13.5 Å². The Morgan fingerprint density at radius 1 is 1.19 bits per heavy atom. The van der Waals surface area contributed by atoms with Crippen LogP contribution in [0.1, 0.15) is 18.3 Å². The zero-order valence-corrected chi connectivity index (χ0v) is 14.3. The molecule has 0 saturated carbocycles. The number of likely N-dealkylation sites (N-methyl/N-ethyl adjacent to an activating group) is 1. The van der Waals surface area contributed by atoms with E-state index < -0.39 is 0 Å². The van der Waals surface area contributed by atoms with Crippen LogP contribution in [0.15, 0.2) is 59.4 Å². The summed E-state index contributed by atoms with van der Waals surface area (Å²) in [7, 11) is 0. The van der Waals surface area contributed by atoms with Crippen LogP contribution >= 0.6 is 0 Å². The van der Waals surface area contributed by atoms with Gasteiger partial charge in [-0.25, -0.2) is 9.37 Å². The molecule has 3 aromatic rings. The van der Waals surface area contributed by atoms with Gasteiger partial charge in [0.15, 0.2) is 0 Å². The Kier molecular flexibility index (Phi) is 5.22. The normalized spacial score (nSPS) is 11.2. The van der Waals surface area contributed by atoms with Gasteiger partial charge in [0.05, 0.1) is 17.4 Å². The molecule has 0 bridgehead atoms. The lowest BCUT2D eigenvalue weighted by Crippen LogP contribution is -2.30. The van der Waals surface area contributed by atoms with Gasteiger partial charge in [-0.3, -0.25) is 9.59 Å². The highest BCUT2D eigenvalue weighted by atomic mass is 19.1. The van der Waals surface area contributed by atoms with E-state index >= 15 is 0 Å². The third-order valence-electron chi connectivity index (χ3n) is 4.01. The minimum atomic E-state index is -0.389. The van der Waals surface area contributed by atoms with Crippen LogP contribution in [0, 0.1) is 5.82 Å². The summed E-state index contributed by atoms with van der Waals surface area (Å²) in [4.78, 5) is 33.2. The monoisotopic (exact) mass is 351 g/mol. The summed E-state index contributed by atoms with van der Waals surface area (Å²) in [5.41, 5.74) is 0.682. The Labute approximate surface area is 149 Å². The first kappa shape index (κ1) is 17.5. The molecule has 26 heavy (non-hydrogen) atoms. The second-order valence-electron chi connectivity index (χ2n) is 5.74. The number of hydrogen-bond donors (Lipinski definition) is 1. The van der Waals surface area contributed by atoms with Gasteiger partial charge in [0.2, 0.25) is 5.91 Å². The molecule has 0 spiro atoms. The first-order valence-corrected chi connectivity index (χ1v) is 8.28. The number of benzene rings is 2. The molecule has 0 fully saturated rings. The number of H-pyrrole nitrogens is 1. The van der Waals surface area contributed by atoms with Crippen LogP contribution in [0.5, 0.6) is 0 Å². The third kappa shape index (κ3) is 3.85. The molecular weight excluding hydrogens is 333 g/mol. The first-order chi connectivity index (χ1) is 12.6. The zero-order valence-electron chi connectivity index (χ0n) is 14.3. The first-order valence-electron chi connectivity index (χ1n) is 8.28. The van der Waals surface area contributed by atoms with E-state index in [9.17, 15) is 14.0 Å². The highest BCUT2D eigenvalue weighted by Gasteiger charge is 2.12. The van der Waals surface area contributed by atoms with Crippen molar-refractivity contribution in [1.29, 1.82) is 0 Å². The molecule has 132 valence electrons. The highest BCUT2D eigenvalue weighted by molar-refractivity contribution is 5.91. The third-order valence-corrected chi connectivity index (χ3v) is 4.01. The topological polar surface area (TPSA) is 66.1 Å². The van der Waals surface area contributed by atoms with Gasteiger partial charge in [0.1, 0.15) is 11.6 Å². The molecule has 2 aromatic carbocycles. The van der Waals surface area contributed by atoms with Crippen molar-refractivity contribution in [3.63, 3.8) is 0 Å². The maximum atomic E-state index is 13.6. The summed E-state index contributed by atoms with van der Waals surface area (Å²) in [6.45, 7) is 2.42. The molecule has 5 nitrogen and oxygen atoms in total. The number of carbonyl (C=O) groups is 1. The maximum Gasteiger partial charge on any atom is 0.258 e. The van der Waals surface area contributed by atoms with Gasteiger partial charge in [0.25, 0.3) is 5.56 Å². The standard InChI is InChI=1S/C20H18FN3O2/c1-2-24(19(25)12-11-14-7-3-5-9-16(14)21)13-18-22-17-10-6-4-8-15(17)20(26)23-18/h3-12H,2,13H2,1H3,(H,22,23,26)/b12-11+. The summed E-state index contributed by atoms with van der Waals surface area (Å²) in [6.07, 6.45) is 2.76. The van der Waals surface area contributed by atoms with Crippen molar-refractivity contribution in [3.05, 3.63) is 82.2 Å². The lowest BCUT2D eigenvalue weighted by Gasteiger charge is -2.18. The van der Waals surface area contributed by atoms with Crippen LogP contribution in [0.3, 0.4) is 0 Å². The molecule has 0 aliphatic rings. The number of nitrogens with zero attached hydrogens (tertiary/aromatic N) is 2. The minimum absolute atomic E-state index is 0.164. The van der Waals surface area contributed by atoms with Gasteiger partial charge in [-0.1, -0.05) is 30.3 Å². The van der Waals surface area contributed by atoms with Crippen LogP contribution in [-0.2, 0) is 11.3 Å². The molecule has 1 N–H and O–H groups in total. The SMILES string of the molecule is CCN(Cc1nc2ccccc2c(=O)[nH]1)C(=O)/C=C/c1ccccc1F. The van der Waals surface area contributed by atoms with E-state index in [1.807, 2.05) is 6.92 Å². The fraction of sp³-hybridized carbons (Fsp3) is 0.150. The molecule has 0 unspecified atom stereocenters. The van der Waals surface area contributed by atoms with Gasteiger partial charge in [-0.05, 0) is 31.2 Å². The van der Waals surface area contributed by atoms with Crippen molar-refractivity contribution >= 4 is 22.9 Å². The molecule has 3 rings (SSSR count). The van der Waals surface area contributed by atoms with Crippen molar-refractivity contribution in [1.82, 2.24) is 14.9 Å². The fourth-order valence-corrected chi connectivity index (χ4v) is 2.61. The molecule has 0 aliphatic carbocycles. The number of aromatic nitrogens is 2. The Balaban J connectivity index is 1.80. The highest BCUT2D eigenvalue weighted by Crippen LogP contribution is 2.10. The van der Waals surface area contributed by atoms with Crippen molar-refractivity contribution in [2.24, 2.45) is 0 Å². The lowest BCUT2D eigenvalue weighted by molar-refractivity contribution is -0.126. The maximum absolute atomic E-state index is 13.6. The number of nitrogens with one attached hydrogen (secondary N) is 1. The minimum Gasteiger partial charge on any atom is -0.332 e. The number of carbonyl (C=O) groups excluding carboxylic acids is 1. The summed E-state index contributed by atoms with van der Waals surface area (Å²) in [5, 5.41) is 0.505. The molecule has 0 aliphatic heterocycles. The van der Waals surface area contributed by atoms with Crippen molar-refractivity contribution in [3.8, 4) is 0 Å². The molecule has 0 atom stereocenters. The number of halogens is 1. The van der Waals surface area contributed by atoms with Gasteiger partial charge in [-0.15, -0.1) is 0 Å². The molecule has 1 heterocycles. The predicted octanol–water partition coefficient (Wildman–Crippen LogP) is 3.12. The number of fused-ring (bicyclic) bond motifs is 1. The zero-order chi connectivity index (χ0) is 18.5.